The smallest absolute Gasteiger partial charge is 0.295 e. The van der Waals surface area contributed by atoms with Crippen molar-refractivity contribution in [3.05, 3.63) is 73.0 Å². The molecule has 1 aromatic carbocycles. The summed E-state index contributed by atoms with van der Waals surface area (Å²) < 4.78 is 4.69. The van der Waals surface area contributed by atoms with Crippen molar-refractivity contribution in [1.29, 1.82) is 0 Å². The largest absolute Gasteiger partial charge is 0.318 e. The highest BCUT2D eigenvalue weighted by molar-refractivity contribution is 7.18. The highest BCUT2D eigenvalue weighted by atomic mass is 32.1. The number of fused-ring (bicyclic) bond motifs is 3. The summed E-state index contributed by atoms with van der Waals surface area (Å²) >= 11 is 1.60. The minimum atomic E-state index is -0.437. The molecule has 0 fully saturated rings. The zero-order chi connectivity index (χ0) is 25.6. The first kappa shape index (κ1) is 24.2. The van der Waals surface area contributed by atoms with Gasteiger partial charge in [-0.1, -0.05) is 18.2 Å². The lowest BCUT2D eigenvalue weighted by Crippen LogP contribution is -2.33. The van der Waals surface area contributed by atoms with Crippen LogP contribution in [-0.2, 0) is 37.8 Å². The van der Waals surface area contributed by atoms with Crippen LogP contribution >= 0.6 is 11.3 Å². The van der Waals surface area contributed by atoms with Crippen molar-refractivity contribution in [2.45, 2.75) is 45.7 Å². The molecule has 0 saturated heterocycles. The highest BCUT2D eigenvalue weighted by Crippen LogP contribution is 2.33. The molecule has 1 aliphatic carbocycles. The molecule has 1 N–H and O–H groups in total. The number of thiophene rings is 1. The molecular formula is C26H30N6O3S. The van der Waals surface area contributed by atoms with Crippen molar-refractivity contribution in [2.24, 2.45) is 7.05 Å². The molecule has 0 radical (unpaired) electrons. The third kappa shape index (κ3) is 4.20. The number of hydrogen-bond acceptors (Lipinski definition) is 6. The molecular weight excluding hydrogens is 476 g/mol. The van der Waals surface area contributed by atoms with Crippen LogP contribution in [0.5, 0.6) is 0 Å². The van der Waals surface area contributed by atoms with E-state index in [1.54, 1.807) is 30.0 Å². The Morgan fingerprint density at radius 3 is 2.56 bits per heavy atom. The van der Waals surface area contributed by atoms with E-state index in [0.717, 1.165) is 36.1 Å². The Labute approximate surface area is 212 Å². The Balaban J connectivity index is 1.52. The summed E-state index contributed by atoms with van der Waals surface area (Å²) in [7, 11) is 5.58. The summed E-state index contributed by atoms with van der Waals surface area (Å²) in [6, 6.07) is 9.26. The quantitative estimate of drug-likeness (QED) is 0.434. The number of carbonyl (C=O) groups is 1. The molecule has 0 atom stereocenters. The number of amides is 1. The summed E-state index contributed by atoms with van der Waals surface area (Å²) in [6.45, 7) is 1.99. The molecule has 36 heavy (non-hydrogen) atoms. The lowest BCUT2D eigenvalue weighted by Gasteiger charge is -2.16. The summed E-state index contributed by atoms with van der Waals surface area (Å²) in [4.78, 5) is 48.9. The van der Waals surface area contributed by atoms with Gasteiger partial charge in [-0.2, -0.15) is 0 Å². The maximum atomic E-state index is 13.7. The predicted molar refractivity (Wildman–Crippen MR) is 142 cm³/mol. The molecule has 188 valence electrons. The van der Waals surface area contributed by atoms with Crippen molar-refractivity contribution < 1.29 is 4.79 Å². The molecule has 0 unspecified atom stereocenters. The molecule has 9 nitrogen and oxygen atoms in total. The number of aromatic nitrogens is 4. The Hall–Kier alpha value is -3.50. The first-order valence-electron chi connectivity index (χ1n) is 12.1. The average Bonchev–Trinajstić information content (AvgIpc) is 3.32. The molecule has 10 heteroatoms. The Morgan fingerprint density at radius 2 is 1.83 bits per heavy atom. The first-order chi connectivity index (χ1) is 17.3. The summed E-state index contributed by atoms with van der Waals surface area (Å²) in [5.41, 5.74) is 2.12. The number of benzene rings is 1. The van der Waals surface area contributed by atoms with Gasteiger partial charge in [0.15, 0.2) is 0 Å². The van der Waals surface area contributed by atoms with E-state index in [2.05, 4.69) is 5.32 Å². The standard InChI is InChI=1S/C26H30N6O3S/c1-16-23(26(35)32(30(16)4)17-10-6-5-7-11-17)28-21(33)15-31-20(14-29(2)3)27-24-22(25(31)34)18-12-8-9-13-19(18)36-24/h5-7,10-11H,8-9,12-15H2,1-4H3,(H,28,33). The van der Waals surface area contributed by atoms with Crippen LogP contribution in [0.4, 0.5) is 5.69 Å². The van der Waals surface area contributed by atoms with E-state index in [4.69, 9.17) is 4.98 Å². The lowest BCUT2D eigenvalue weighted by atomic mass is 9.97. The van der Waals surface area contributed by atoms with E-state index in [1.807, 2.05) is 49.3 Å². The molecule has 4 aromatic rings. The molecule has 3 heterocycles. The third-order valence-corrected chi connectivity index (χ3v) is 7.92. The fourth-order valence-electron chi connectivity index (χ4n) is 4.88. The minimum absolute atomic E-state index is 0.183. The fourth-order valence-corrected chi connectivity index (χ4v) is 6.15. The van der Waals surface area contributed by atoms with Gasteiger partial charge in [-0.25, -0.2) is 9.67 Å². The van der Waals surface area contributed by atoms with Crippen LogP contribution < -0.4 is 16.4 Å². The van der Waals surface area contributed by atoms with Crippen LogP contribution in [0.2, 0.25) is 0 Å². The van der Waals surface area contributed by atoms with Gasteiger partial charge in [0.25, 0.3) is 11.1 Å². The normalized spacial score (nSPS) is 13.4. The topological polar surface area (TPSA) is 94.2 Å². The maximum absolute atomic E-state index is 13.7. The maximum Gasteiger partial charge on any atom is 0.295 e. The first-order valence-corrected chi connectivity index (χ1v) is 12.9. The van der Waals surface area contributed by atoms with Gasteiger partial charge in [-0.05, 0) is 64.4 Å². The van der Waals surface area contributed by atoms with Gasteiger partial charge < -0.3 is 10.2 Å². The molecule has 0 bridgehead atoms. The summed E-state index contributed by atoms with van der Waals surface area (Å²) in [6.07, 6.45) is 4.02. The number of carbonyl (C=O) groups excluding carboxylic acids is 1. The number of hydrogen-bond donors (Lipinski definition) is 1. The van der Waals surface area contributed by atoms with Crippen LogP contribution in [0.1, 0.15) is 34.8 Å². The van der Waals surface area contributed by atoms with E-state index in [9.17, 15) is 14.4 Å². The van der Waals surface area contributed by atoms with Crippen molar-refractivity contribution >= 4 is 33.1 Å². The van der Waals surface area contributed by atoms with E-state index in [0.29, 0.717) is 29.1 Å². The Morgan fingerprint density at radius 1 is 1.11 bits per heavy atom. The van der Waals surface area contributed by atoms with Crippen LogP contribution in [0.15, 0.2) is 39.9 Å². The van der Waals surface area contributed by atoms with Crippen molar-refractivity contribution in [1.82, 2.24) is 23.8 Å². The van der Waals surface area contributed by atoms with Crippen LogP contribution in [-0.4, -0.2) is 43.8 Å². The highest BCUT2D eigenvalue weighted by Gasteiger charge is 2.24. The number of nitrogens with zero attached hydrogens (tertiary/aromatic N) is 5. The molecule has 3 aromatic heterocycles. The van der Waals surface area contributed by atoms with Crippen molar-refractivity contribution in [3.63, 3.8) is 0 Å². The monoisotopic (exact) mass is 506 g/mol. The van der Waals surface area contributed by atoms with Gasteiger partial charge in [-0.15, -0.1) is 11.3 Å². The molecule has 0 saturated carbocycles. The minimum Gasteiger partial charge on any atom is -0.318 e. The second-order valence-electron chi connectivity index (χ2n) is 9.53. The van der Waals surface area contributed by atoms with Crippen molar-refractivity contribution in [2.75, 3.05) is 19.4 Å². The number of aryl methyl sites for hydroxylation is 2. The zero-order valence-electron chi connectivity index (χ0n) is 21.0. The lowest BCUT2D eigenvalue weighted by molar-refractivity contribution is -0.116. The van der Waals surface area contributed by atoms with Crippen LogP contribution in [0, 0.1) is 6.92 Å². The van der Waals surface area contributed by atoms with Gasteiger partial charge in [-0.3, -0.25) is 23.6 Å². The molecule has 1 amide bonds. The third-order valence-electron chi connectivity index (χ3n) is 6.73. The number of rotatable bonds is 6. The molecule has 0 spiro atoms. The molecule has 5 rings (SSSR count). The van der Waals surface area contributed by atoms with E-state index in [1.165, 1.54) is 14.1 Å². The van der Waals surface area contributed by atoms with Crippen LogP contribution in [0.3, 0.4) is 0 Å². The zero-order valence-corrected chi connectivity index (χ0v) is 21.8. The van der Waals surface area contributed by atoms with E-state index in [-0.39, 0.29) is 23.4 Å². The van der Waals surface area contributed by atoms with E-state index < -0.39 is 5.91 Å². The Kier molecular flexibility index (Phi) is 6.40. The average molecular weight is 507 g/mol. The number of anilines is 1. The predicted octanol–water partition coefficient (Wildman–Crippen LogP) is 2.83. The second-order valence-corrected chi connectivity index (χ2v) is 10.6. The number of nitrogens with one attached hydrogen (secondary N) is 1. The van der Waals surface area contributed by atoms with Gasteiger partial charge in [0, 0.05) is 11.9 Å². The molecule has 1 aliphatic rings. The van der Waals surface area contributed by atoms with Crippen LogP contribution in [0.25, 0.3) is 15.9 Å². The second kappa shape index (κ2) is 9.51. The Bertz CT molecular complexity index is 1580. The fraction of sp³-hybridized carbons (Fsp3) is 0.385. The SMILES string of the molecule is Cc1c(NC(=O)Cn2c(CN(C)C)nc3sc4c(c3c2=O)CCCC4)c(=O)n(-c2ccccc2)n1C. The number of para-hydroxylation sites is 1. The van der Waals surface area contributed by atoms with E-state index >= 15 is 0 Å². The van der Waals surface area contributed by atoms with Crippen molar-refractivity contribution in [3.8, 4) is 5.69 Å². The van der Waals surface area contributed by atoms with Gasteiger partial charge in [0.2, 0.25) is 5.91 Å². The summed E-state index contributed by atoms with van der Waals surface area (Å²) in [5.74, 6) is 0.103. The van der Waals surface area contributed by atoms with Gasteiger partial charge in [0.05, 0.1) is 23.3 Å². The van der Waals surface area contributed by atoms with Gasteiger partial charge in [0.1, 0.15) is 22.9 Å². The van der Waals surface area contributed by atoms with Gasteiger partial charge >= 0.3 is 0 Å². The molecule has 0 aliphatic heterocycles. The summed E-state index contributed by atoms with van der Waals surface area (Å²) in [5, 5.41) is 3.42.